The van der Waals surface area contributed by atoms with Gasteiger partial charge in [0.1, 0.15) is 5.60 Å². The second kappa shape index (κ2) is 4.61. The second-order valence-corrected chi connectivity index (χ2v) is 4.93. The number of ether oxygens (including phenoxy) is 1. The highest BCUT2D eigenvalue weighted by molar-refractivity contribution is 5.83. The summed E-state index contributed by atoms with van der Waals surface area (Å²) in [5.41, 5.74) is -0.0913. The van der Waals surface area contributed by atoms with E-state index in [-0.39, 0.29) is 0 Å². The topological polar surface area (TPSA) is 26.3 Å². The molecular formula is C15H14F2O2. The van der Waals surface area contributed by atoms with Crippen LogP contribution in [-0.2, 0) is 15.1 Å². The highest BCUT2D eigenvalue weighted by Crippen LogP contribution is 2.29. The SMILES string of the molecule is CC(=O)OC(C)(C)c1ccc2cc(F)c(F)cc2c1. The van der Waals surface area contributed by atoms with Gasteiger partial charge in [0.25, 0.3) is 0 Å². The molecule has 0 saturated heterocycles. The van der Waals surface area contributed by atoms with Crippen molar-refractivity contribution in [3.8, 4) is 0 Å². The van der Waals surface area contributed by atoms with Crippen LogP contribution in [0, 0.1) is 11.6 Å². The summed E-state index contributed by atoms with van der Waals surface area (Å²) < 4.78 is 31.6. The summed E-state index contributed by atoms with van der Waals surface area (Å²) in [7, 11) is 0. The fourth-order valence-electron chi connectivity index (χ4n) is 2.03. The Morgan fingerprint density at radius 3 is 2.21 bits per heavy atom. The predicted molar refractivity (Wildman–Crippen MR) is 68.7 cm³/mol. The molecule has 0 heterocycles. The Balaban J connectivity index is 2.52. The molecule has 0 N–H and O–H groups in total. The smallest absolute Gasteiger partial charge is 0.303 e. The Bertz CT molecular complexity index is 648. The minimum atomic E-state index is -0.894. The Hall–Kier alpha value is -1.97. The van der Waals surface area contributed by atoms with Gasteiger partial charge in [-0.1, -0.05) is 12.1 Å². The lowest BCUT2D eigenvalue weighted by molar-refractivity contribution is -0.154. The van der Waals surface area contributed by atoms with E-state index >= 15 is 0 Å². The van der Waals surface area contributed by atoms with E-state index in [1.54, 1.807) is 32.0 Å². The Labute approximate surface area is 110 Å². The van der Waals surface area contributed by atoms with Crippen LogP contribution < -0.4 is 0 Å². The van der Waals surface area contributed by atoms with Gasteiger partial charge < -0.3 is 4.74 Å². The van der Waals surface area contributed by atoms with Crippen molar-refractivity contribution in [2.75, 3.05) is 0 Å². The van der Waals surface area contributed by atoms with Gasteiger partial charge in [-0.15, -0.1) is 0 Å². The molecule has 0 bridgehead atoms. The van der Waals surface area contributed by atoms with Crippen LogP contribution in [0.15, 0.2) is 30.3 Å². The molecule has 2 aromatic rings. The van der Waals surface area contributed by atoms with Crippen LogP contribution in [0.5, 0.6) is 0 Å². The van der Waals surface area contributed by atoms with Crippen molar-refractivity contribution in [1.82, 2.24) is 0 Å². The number of fused-ring (bicyclic) bond motifs is 1. The van der Waals surface area contributed by atoms with Gasteiger partial charge in [0.2, 0.25) is 0 Å². The highest BCUT2D eigenvalue weighted by Gasteiger charge is 2.24. The summed E-state index contributed by atoms with van der Waals surface area (Å²) in [6, 6.07) is 7.40. The largest absolute Gasteiger partial charge is 0.455 e. The zero-order chi connectivity index (χ0) is 14.2. The molecule has 0 aliphatic carbocycles. The number of carbonyl (C=O) groups is 1. The van der Waals surface area contributed by atoms with Crippen molar-refractivity contribution in [2.45, 2.75) is 26.4 Å². The van der Waals surface area contributed by atoms with Crippen molar-refractivity contribution in [1.29, 1.82) is 0 Å². The van der Waals surface area contributed by atoms with Crippen LogP contribution >= 0.6 is 0 Å². The maximum atomic E-state index is 13.2. The number of benzene rings is 2. The van der Waals surface area contributed by atoms with Crippen LogP contribution in [-0.4, -0.2) is 5.97 Å². The first-order chi connectivity index (χ1) is 8.79. The van der Waals surface area contributed by atoms with Crippen molar-refractivity contribution in [2.24, 2.45) is 0 Å². The summed E-state index contributed by atoms with van der Waals surface area (Å²) in [6.07, 6.45) is 0. The predicted octanol–water partition coefficient (Wildman–Crippen LogP) is 3.92. The third kappa shape index (κ3) is 2.72. The van der Waals surface area contributed by atoms with Crippen LogP contribution in [0.4, 0.5) is 8.78 Å². The molecule has 0 aliphatic rings. The van der Waals surface area contributed by atoms with Crippen LogP contribution in [0.2, 0.25) is 0 Å². The van der Waals surface area contributed by atoms with E-state index in [0.717, 1.165) is 17.7 Å². The fraction of sp³-hybridized carbons (Fsp3) is 0.267. The van der Waals surface area contributed by atoms with Gasteiger partial charge in [-0.3, -0.25) is 4.79 Å². The lowest BCUT2D eigenvalue weighted by Gasteiger charge is -2.25. The van der Waals surface area contributed by atoms with Crippen molar-refractivity contribution in [3.63, 3.8) is 0 Å². The molecule has 0 aromatic heterocycles. The normalized spacial score (nSPS) is 11.6. The van der Waals surface area contributed by atoms with Gasteiger partial charge in [0.15, 0.2) is 11.6 Å². The van der Waals surface area contributed by atoms with Crippen LogP contribution in [0.1, 0.15) is 26.3 Å². The van der Waals surface area contributed by atoms with E-state index in [1.807, 2.05) is 0 Å². The van der Waals surface area contributed by atoms with Gasteiger partial charge >= 0.3 is 5.97 Å². The molecule has 100 valence electrons. The molecule has 2 rings (SSSR count). The monoisotopic (exact) mass is 264 g/mol. The Kier molecular flexibility index (Phi) is 3.27. The highest BCUT2D eigenvalue weighted by atomic mass is 19.2. The first kappa shape index (κ1) is 13.5. The van der Waals surface area contributed by atoms with E-state index in [1.165, 1.54) is 6.92 Å². The second-order valence-electron chi connectivity index (χ2n) is 4.93. The summed E-state index contributed by atoms with van der Waals surface area (Å²) in [5, 5.41) is 1.16. The summed E-state index contributed by atoms with van der Waals surface area (Å²) in [4.78, 5) is 11.1. The molecule has 0 radical (unpaired) electrons. The van der Waals surface area contributed by atoms with Crippen LogP contribution in [0.25, 0.3) is 10.8 Å². The molecular weight excluding hydrogens is 250 g/mol. The number of carbonyl (C=O) groups excluding carboxylic acids is 1. The number of rotatable bonds is 2. The zero-order valence-corrected chi connectivity index (χ0v) is 11.0. The number of hydrogen-bond donors (Lipinski definition) is 0. The molecule has 0 amide bonds. The van der Waals surface area contributed by atoms with Crippen LogP contribution in [0.3, 0.4) is 0 Å². The Morgan fingerprint density at radius 1 is 1.05 bits per heavy atom. The van der Waals surface area contributed by atoms with Gasteiger partial charge in [-0.25, -0.2) is 8.78 Å². The average molecular weight is 264 g/mol. The maximum absolute atomic E-state index is 13.2. The van der Waals surface area contributed by atoms with Gasteiger partial charge in [-0.2, -0.15) is 0 Å². The summed E-state index contributed by atoms with van der Waals surface area (Å²) in [6.45, 7) is 4.82. The van der Waals surface area contributed by atoms with E-state index in [4.69, 9.17) is 4.74 Å². The lowest BCUT2D eigenvalue weighted by Crippen LogP contribution is -2.24. The molecule has 4 heteroatoms. The zero-order valence-electron chi connectivity index (χ0n) is 11.0. The maximum Gasteiger partial charge on any atom is 0.303 e. The molecule has 0 saturated carbocycles. The fourth-order valence-corrected chi connectivity index (χ4v) is 2.03. The molecule has 0 spiro atoms. The quantitative estimate of drug-likeness (QED) is 0.768. The third-order valence-electron chi connectivity index (χ3n) is 2.97. The number of halogens is 2. The minimum absolute atomic E-state index is 0.393. The van der Waals surface area contributed by atoms with E-state index in [2.05, 4.69) is 0 Å². The van der Waals surface area contributed by atoms with Crippen molar-refractivity contribution >= 4 is 16.7 Å². The molecule has 2 aromatic carbocycles. The molecule has 0 atom stereocenters. The summed E-state index contributed by atoms with van der Waals surface area (Å²) in [5.74, 6) is -2.16. The minimum Gasteiger partial charge on any atom is -0.455 e. The molecule has 0 fully saturated rings. The van der Waals surface area contributed by atoms with Crippen molar-refractivity contribution < 1.29 is 18.3 Å². The first-order valence-corrected chi connectivity index (χ1v) is 5.88. The Morgan fingerprint density at radius 2 is 1.63 bits per heavy atom. The van der Waals surface area contributed by atoms with Gasteiger partial charge in [-0.05, 0) is 48.4 Å². The molecule has 19 heavy (non-hydrogen) atoms. The van der Waals surface area contributed by atoms with Gasteiger partial charge in [0.05, 0.1) is 0 Å². The molecule has 2 nitrogen and oxygen atoms in total. The van der Waals surface area contributed by atoms with Crippen molar-refractivity contribution in [3.05, 3.63) is 47.5 Å². The lowest BCUT2D eigenvalue weighted by atomic mass is 9.95. The number of hydrogen-bond acceptors (Lipinski definition) is 2. The first-order valence-electron chi connectivity index (χ1n) is 5.88. The van der Waals surface area contributed by atoms with E-state index in [0.29, 0.717) is 10.8 Å². The van der Waals surface area contributed by atoms with E-state index in [9.17, 15) is 13.6 Å². The molecule has 0 unspecified atom stereocenters. The van der Waals surface area contributed by atoms with Gasteiger partial charge in [0, 0.05) is 6.92 Å². The molecule has 0 aliphatic heterocycles. The standard InChI is InChI=1S/C15H14F2O2/c1-9(18)19-15(2,3)12-5-4-10-7-13(16)14(17)8-11(10)6-12/h4-8H,1-3H3. The van der Waals surface area contributed by atoms with E-state index < -0.39 is 23.2 Å². The average Bonchev–Trinajstić information content (AvgIpc) is 2.28. The summed E-state index contributed by atoms with van der Waals surface area (Å²) >= 11 is 0. The number of esters is 1. The third-order valence-corrected chi connectivity index (χ3v) is 2.97.